The Morgan fingerprint density at radius 3 is 1.65 bits per heavy atom. The number of hydrogen-bond donors (Lipinski definition) is 0. The molecule has 0 atom stereocenters. The zero-order valence-electron chi connectivity index (χ0n) is 12.7. The van der Waals surface area contributed by atoms with Crippen LogP contribution in [0, 0.1) is 44.7 Å². The van der Waals surface area contributed by atoms with Crippen LogP contribution in [0.5, 0.6) is 0 Å². The molecule has 0 radical (unpaired) electrons. The van der Waals surface area contributed by atoms with Gasteiger partial charge in [0.05, 0.1) is 4.92 Å². The first-order valence-electron chi connectivity index (χ1n) is 6.56. The Hall–Kier alpha value is -2.16. The molecule has 106 valence electrons. The lowest BCUT2D eigenvalue weighted by molar-refractivity contribution is -0.385. The van der Waals surface area contributed by atoms with Crippen molar-refractivity contribution in [3.05, 3.63) is 74.3 Å². The van der Waals surface area contributed by atoms with Gasteiger partial charge in [-0.15, -0.1) is 0 Å². The molecule has 0 aliphatic rings. The Balaban J connectivity index is 0.000000204. The summed E-state index contributed by atoms with van der Waals surface area (Å²) in [4.78, 5) is 10.0. The molecular weight excluding hydrogens is 250 g/mol. The molecule has 20 heavy (non-hydrogen) atoms. The van der Waals surface area contributed by atoms with Gasteiger partial charge in [0.15, 0.2) is 0 Å². The smallest absolute Gasteiger partial charge is 0.258 e. The normalized spacial score (nSPS) is 9.65. The van der Waals surface area contributed by atoms with Crippen molar-refractivity contribution in [2.45, 2.75) is 34.6 Å². The predicted molar refractivity (Wildman–Crippen MR) is 83.2 cm³/mol. The highest BCUT2D eigenvalue weighted by molar-refractivity contribution is 5.41. The second kappa shape index (κ2) is 6.85. The lowest BCUT2D eigenvalue weighted by Gasteiger charge is -1.98. The summed E-state index contributed by atoms with van der Waals surface area (Å²) in [5.41, 5.74) is 5.93. The van der Waals surface area contributed by atoms with Crippen LogP contribution in [-0.2, 0) is 0 Å². The molecule has 0 fully saturated rings. The first-order valence-corrected chi connectivity index (χ1v) is 6.56. The molecular formula is C17H21NO2. The molecule has 3 heteroatoms. The van der Waals surface area contributed by atoms with Gasteiger partial charge in [-0.1, -0.05) is 35.9 Å². The Labute approximate surface area is 120 Å². The van der Waals surface area contributed by atoms with Gasteiger partial charge >= 0.3 is 0 Å². The van der Waals surface area contributed by atoms with Crippen molar-refractivity contribution in [3.63, 3.8) is 0 Å². The van der Waals surface area contributed by atoms with Crippen LogP contribution in [-0.4, -0.2) is 4.92 Å². The van der Waals surface area contributed by atoms with E-state index in [2.05, 4.69) is 39.0 Å². The van der Waals surface area contributed by atoms with E-state index < -0.39 is 0 Å². The monoisotopic (exact) mass is 271 g/mol. The van der Waals surface area contributed by atoms with Crippen LogP contribution >= 0.6 is 0 Å². The summed E-state index contributed by atoms with van der Waals surface area (Å²) in [6.45, 7) is 9.97. The number of benzene rings is 2. The maximum Gasteiger partial charge on any atom is 0.272 e. The third-order valence-electron chi connectivity index (χ3n) is 3.22. The highest BCUT2D eigenvalue weighted by Crippen LogP contribution is 2.18. The van der Waals surface area contributed by atoms with Gasteiger partial charge in [-0.2, -0.15) is 0 Å². The number of nitro groups is 1. The van der Waals surface area contributed by atoms with Crippen LogP contribution in [0.15, 0.2) is 36.4 Å². The maximum absolute atomic E-state index is 10.4. The molecule has 0 aliphatic heterocycles. The van der Waals surface area contributed by atoms with E-state index in [1.54, 1.807) is 19.1 Å². The van der Waals surface area contributed by atoms with Gasteiger partial charge in [-0.3, -0.25) is 10.1 Å². The number of nitrogens with zero attached hydrogens (tertiary/aromatic N) is 1. The third-order valence-corrected chi connectivity index (χ3v) is 3.22. The van der Waals surface area contributed by atoms with Crippen molar-refractivity contribution in [1.29, 1.82) is 0 Å². The quantitative estimate of drug-likeness (QED) is 0.551. The van der Waals surface area contributed by atoms with E-state index in [4.69, 9.17) is 0 Å². The Morgan fingerprint density at radius 2 is 1.25 bits per heavy atom. The van der Waals surface area contributed by atoms with Gasteiger partial charge < -0.3 is 0 Å². The Bertz CT molecular complexity index is 618. The topological polar surface area (TPSA) is 43.1 Å². The van der Waals surface area contributed by atoms with Crippen molar-refractivity contribution < 1.29 is 4.92 Å². The average Bonchev–Trinajstić information content (AvgIpc) is 2.38. The van der Waals surface area contributed by atoms with Crippen LogP contribution in [0.4, 0.5) is 5.69 Å². The molecule has 0 N–H and O–H groups in total. The van der Waals surface area contributed by atoms with Crippen molar-refractivity contribution >= 4 is 5.69 Å². The molecule has 2 aromatic rings. The number of nitro benzene ring substituents is 1. The first-order chi connectivity index (χ1) is 9.31. The maximum atomic E-state index is 10.4. The van der Waals surface area contributed by atoms with E-state index in [1.165, 1.54) is 16.7 Å². The van der Waals surface area contributed by atoms with E-state index in [-0.39, 0.29) is 10.6 Å². The summed E-state index contributed by atoms with van der Waals surface area (Å²) in [5, 5.41) is 10.4. The van der Waals surface area contributed by atoms with Gasteiger partial charge in [-0.25, -0.2) is 0 Å². The second-order valence-corrected chi connectivity index (χ2v) is 5.13. The van der Waals surface area contributed by atoms with E-state index in [9.17, 15) is 10.1 Å². The number of hydrogen-bond acceptors (Lipinski definition) is 2. The zero-order valence-corrected chi connectivity index (χ0v) is 12.7. The predicted octanol–water partition coefficient (Wildman–Crippen LogP) is 4.82. The first kappa shape index (κ1) is 15.9. The van der Waals surface area contributed by atoms with E-state index in [0.29, 0.717) is 5.56 Å². The molecule has 0 saturated carbocycles. The summed E-state index contributed by atoms with van der Waals surface area (Å²) < 4.78 is 0. The molecule has 0 aromatic heterocycles. The second-order valence-electron chi connectivity index (χ2n) is 5.13. The van der Waals surface area contributed by atoms with Crippen LogP contribution in [0.3, 0.4) is 0 Å². The average molecular weight is 271 g/mol. The molecule has 0 unspecified atom stereocenters. The summed E-state index contributed by atoms with van der Waals surface area (Å²) in [6.07, 6.45) is 0. The van der Waals surface area contributed by atoms with E-state index in [1.807, 2.05) is 13.0 Å². The van der Waals surface area contributed by atoms with Crippen molar-refractivity contribution in [2.24, 2.45) is 0 Å². The standard InChI is InChI=1S/C9H12.C8H9NO2/c1-7-4-5-8(2)9(3)6-7;1-6-3-4-7(2)8(5-6)9(10)11/h4-6H,1-3H3;3-5H,1-2H3. The lowest BCUT2D eigenvalue weighted by Crippen LogP contribution is -1.91. The van der Waals surface area contributed by atoms with Crippen LogP contribution in [0.1, 0.15) is 27.8 Å². The molecule has 0 aliphatic carbocycles. The molecule has 0 heterocycles. The van der Waals surface area contributed by atoms with E-state index in [0.717, 1.165) is 5.56 Å². The van der Waals surface area contributed by atoms with E-state index >= 15 is 0 Å². The number of rotatable bonds is 1. The molecule has 0 spiro atoms. The van der Waals surface area contributed by atoms with Gasteiger partial charge in [0.1, 0.15) is 0 Å². The fourth-order valence-electron chi connectivity index (χ4n) is 1.81. The number of aryl methyl sites for hydroxylation is 5. The largest absolute Gasteiger partial charge is 0.272 e. The Kier molecular flexibility index (Phi) is 5.44. The van der Waals surface area contributed by atoms with Crippen molar-refractivity contribution in [1.82, 2.24) is 0 Å². The minimum absolute atomic E-state index is 0.199. The summed E-state index contributed by atoms with van der Waals surface area (Å²) >= 11 is 0. The molecule has 2 aromatic carbocycles. The highest BCUT2D eigenvalue weighted by atomic mass is 16.6. The Morgan fingerprint density at radius 1 is 0.750 bits per heavy atom. The minimum Gasteiger partial charge on any atom is -0.258 e. The minimum atomic E-state index is -0.359. The van der Waals surface area contributed by atoms with Gasteiger partial charge in [-0.05, 0) is 51.3 Å². The van der Waals surface area contributed by atoms with Crippen LogP contribution in [0.25, 0.3) is 0 Å². The fourth-order valence-corrected chi connectivity index (χ4v) is 1.81. The molecule has 2 rings (SSSR count). The SMILES string of the molecule is Cc1ccc(C)c(C)c1.Cc1ccc(C)c([N+](=O)[O-])c1. The summed E-state index contributed by atoms with van der Waals surface area (Å²) in [6, 6.07) is 11.7. The lowest BCUT2D eigenvalue weighted by atomic mass is 10.1. The van der Waals surface area contributed by atoms with Gasteiger partial charge in [0.2, 0.25) is 0 Å². The van der Waals surface area contributed by atoms with Gasteiger partial charge in [0.25, 0.3) is 5.69 Å². The van der Waals surface area contributed by atoms with Crippen molar-refractivity contribution in [3.8, 4) is 0 Å². The molecule has 0 saturated heterocycles. The summed E-state index contributed by atoms with van der Waals surface area (Å²) in [5.74, 6) is 0. The third kappa shape index (κ3) is 4.50. The highest BCUT2D eigenvalue weighted by Gasteiger charge is 2.08. The van der Waals surface area contributed by atoms with Crippen molar-refractivity contribution in [2.75, 3.05) is 0 Å². The summed E-state index contributed by atoms with van der Waals surface area (Å²) in [7, 11) is 0. The zero-order chi connectivity index (χ0) is 15.3. The molecule has 3 nitrogen and oxygen atoms in total. The van der Waals surface area contributed by atoms with Crippen LogP contribution in [0.2, 0.25) is 0 Å². The fraction of sp³-hybridized carbons (Fsp3) is 0.294. The van der Waals surface area contributed by atoms with Gasteiger partial charge in [0, 0.05) is 11.6 Å². The molecule has 0 bridgehead atoms. The molecule has 0 amide bonds. The van der Waals surface area contributed by atoms with Crippen LogP contribution < -0.4 is 0 Å².